The van der Waals surface area contributed by atoms with E-state index in [1.807, 2.05) is 0 Å². The van der Waals surface area contributed by atoms with Crippen LogP contribution in [0.2, 0.25) is 0 Å². The molecule has 4 amide bonds. The third kappa shape index (κ3) is 5.17. The lowest BCUT2D eigenvalue weighted by Crippen LogP contribution is -2.30. The van der Waals surface area contributed by atoms with E-state index in [1.165, 1.54) is 25.3 Å². The average molecular weight is 523 g/mol. The lowest BCUT2D eigenvalue weighted by Gasteiger charge is -2.10. The van der Waals surface area contributed by atoms with Gasteiger partial charge in [0.2, 0.25) is 11.5 Å². The molecule has 0 bridgehead atoms. The minimum atomic E-state index is -0.869. The normalized spacial score (nSPS) is 14.4. The first kappa shape index (κ1) is 23.5. The van der Waals surface area contributed by atoms with E-state index in [9.17, 15) is 29.3 Å². The topological polar surface area (TPSA) is 184 Å². The number of halogens is 1. The van der Waals surface area contributed by atoms with Gasteiger partial charge in [-0.3, -0.25) is 24.6 Å². The largest absolute Gasteiger partial charge is 0.476 e. The van der Waals surface area contributed by atoms with Gasteiger partial charge in [-0.1, -0.05) is 15.9 Å². The molecule has 13 nitrogen and oxygen atoms in total. The molecule has 2 heterocycles. The molecule has 1 aliphatic heterocycles. The summed E-state index contributed by atoms with van der Waals surface area (Å²) in [4.78, 5) is 59.2. The number of primary amides is 1. The summed E-state index contributed by atoms with van der Waals surface area (Å²) < 4.78 is 15.3. The zero-order valence-electron chi connectivity index (χ0n) is 16.8. The van der Waals surface area contributed by atoms with E-state index < -0.39 is 41.0 Å². The number of benzene rings is 1. The van der Waals surface area contributed by atoms with Crippen molar-refractivity contribution in [1.82, 2.24) is 10.2 Å². The van der Waals surface area contributed by atoms with Crippen LogP contribution in [0.4, 0.5) is 10.5 Å². The summed E-state index contributed by atoms with van der Waals surface area (Å²) in [5.74, 6) is -2.63. The number of esters is 1. The third-order valence-electron chi connectivity index (χ3n) is 4.24. The van der Waals surface area contributed by atoms with Gasteiger partial charge in [0.25, 0.3) is 11.8 Å². The van der Waals surface area contributed by atoms with Crippen LogP contribution in [0.5, 0.6) is 5.75 Å². The van der Waals surface area contributed by atoms with Crippen LogP contribution in [0.15, 0.2) is 38.9 Å². The van der Waals surface area contributed by atoms with Crippen molar-refractivity contribution in [2.45, 2.75) is 6.54 Å². The molecule has 0 saturated carbocycles. The molecule has 14 heteroatoms. The Morgan fingerprint density at radius 2 is 2.06 bits per heavy atom. The quantitative estimate of drug-likeness (QED) is 0.171. The molecule has 33 heavy (non-hydrogen) atoms. The molecule has 1 aromatic heterocycles. The van der Waals surface area contributed by atoms with Gasteiger partial charge in [0.05, 0.1) is 18.6 Å². The highest BCUT2D eigenvalue weighted by Gasteiger charge is 2.35. The Hall–Kier alpha value is -4.20. The fraction of sp³-hybridized carbons (Fsp3) is 0.158. The predicted octanol–water partition coefficient (Wildman–Crippen LogP) is 1.69. The van der Waals surface area contributed by atoms with E-state index in [0.717, 1.165) is 17.0 Å². The summed E-state index contributed by atoms with van der Waals surface area (Å²) in [6.07, 6.45) is 1.16. The molecule has 3 N–H and O–H groups in total. The van der Waals surface area contributed by atoms with E-state index in [0.29, 0.717) is 0 Å². The summed E-state index contributed by atoms with van der Waals surface area (Å²) in [5.41, 5.74) is 4.39. The number of amides is 4. The summed E-state index contributed by atoms with van der Waals surface area (Å²) in [6.45, 7) is -0.936. The van der Waals surface area contributed by atoms with Crippen LogP contribution in [0.25, 0.3) is 6.08 Å². The number of hydrogen-bond donors (Lipinski definition) is 2. The molecule has 172 valence electrons. The van der Waals surface area contributed by atoms with Crippen LogP contribution in [0, 0.1) is 10.1 Å². The van der Waals surface area contributed by atoms with Gasteiger partial charge in [0.1, 0.15) is 11.5 Å². The number of ether oxygens (including phenoxy) is 2. The van der Waals surface area contributed by atoms with E-state index in [-0.39, 0.29) is 39.5 Å². The Morgan fingerprint density at radius 3 is 2.70 bits per heavy atom. The number of carbonyl (C=O) groups excluding carboxylic acids is 4. The molecule has 1 aliphatic rings. The number of carbonyl (C=O) groups is 4. The maximum absolute atomic E-state index is 12.8. The van der Waals surface area contributed by atoms with Crippen LogP contribution in [0.1, 0.15) is 21.9 Å². The van der Waals surface area contributed by atoms with Crippen LogP contribution >= 0.6 is 15.9 Å². The van der Waals surface area contributed by atoms with E-state index in [4.69, 9.17) is 14.9 Å². The smallest absolute Gasteiger partial charge is 0.373 e. The number of hydrogen-bond acceptors (Lipinski definition) is 9. The molecule has 0 radical (unpaired) electrons. The minimum Gasteiger partial charge on any atom is -0.476 e. The molecule has 1 saturated heterocycles. The van der Waals surface area contributed by atoms with Crippen molar-refractivity contribution in [3.63, 3.8) is 0 Å². The fourth-order valence-electron chi connectivity index (χ4n) is 2.84. The maximum Gasteiger partial charge on any atom is 0.373 e. The molecular formula is C19H15BrN4O9. The van der Waals surface area contributed by atoms with Crippen molar-refractivity contribution in [3.05, 3.63) is 61.6 Å². The minimum absolute atomic E-state index is 0.0359. The molecule has 2 aromatic rings. The molecule has 0 unspecified atom stereocenters. The van der Waals surface area contributed by atoms with Gasteiger partial charge in [-0.05, 0) is 24.3 Å². The molecule has 1 aromatic carbocycles. The van der Waals surface area contributed by atoms with Crippen LogP contribution < -0.4 is 15.8 Å². The van der Waals surface area contributed by atoms with Crippen LogP contribution in [-0.4, -0.2) is 47.4 Å². The van der Waals surface area contributed by atoms with Crippen molar-refractivity contribution in [1.29, 1.82) is 0 Å². The first-order chi connectivity index (χ1) is 15.6. The van der Waals surface area contributed by atoms with E-state index in [1.54, 1.807) is 0 Å². The van der Waals surface area contributed by atoms with E-state index in [2.05, 4.69) is 26.0 Å². The number of urea groups is 1. The number of nitrogens with two attached hydrogens (primary N) is 1. The van der Waals surface area contributed by atoms with Crippen molar-refractivity contribution in [2.24, 2.45) is 5.73 Å². The number of methoxy groups -OCH3 is 1. The number of imide groups is 1. The van der Waals surface area contributed by atoms with Gasteiger partial charge in [-0.2, -0.15) is 0 Å². The van der Waals surface area contributed by atoms with Crippen molar-refractivity contribution in [3.8, 4) is 5.75 Å². The Balaban J connectivity index is 1.92. The molecule has 0 atom stereocenters. The Kier molecular flexibility index (Phi) is 6.77. The molecule has 0 aliphatic carbocycles. The highest BCUT2D eigenvalue weighted by molar-refractivity contribution is 9.10. The second-order valence-corrected chi connectivity index (χ2v) is 7.41. The van der Waals surface area contributed by atoms with Gasteiger partial charge < -0.3 is 24.9 Å². The number of furan rings is 1. The van der Waals surface area contributed by atoms with Gasteiger partial charge in [-0.15, -0.1) is 0 Å². The van der Waals surface area contributed by atoms with Crippen molar-refractivity contribution < 1.29 is 38.0 Å². The average Bonchev–Trinajstić information content (AvgIpc) is 3.32. The summed E-state index contributed by atoms with van der Waals surface area (Å²) in [5, 5.41) is 13.8. The summed E-state index contributed by atoms with van der Waals surface area (Å²) >= 11 is 3.13. The summed E-state index contributed by atoms with van der Waals surface area (Å²) in [6, 6.07) is 4.50. The summed E-state index contributed by atoms with van der Waals surface area (Å²) in [7, 11) is 1.17. The van der Waals surface area contributed by atoms with Crippen LogP contribution in [0.3, 0.4) is 0 Å². The zero-order valence-corrected chi connectivity index (χ0v) is 18.4. The Labute approximate surface area is 193 Å². The van der Waals surface area contributed by atoms with Crippen molar-refractivity contribution >= 4 is 51.5 Å². The lowest BCUT2D eigenvalue weighted by molar-refractivity contribution is -0.385. The van der Waals surface area contributed by atoms with E-state index >= 15 is 0 Å². The number of nitrogens with one attached hydrogen (secondary N) is 1. The third-order valence-corrected chi connectivity index (χ3v) is 4.70. The highest BCUT2D eigenvalue weighted by Crippen LogP contribution is 2.36. The van der Waals surface area contributed by atoms with Crippen LogP contribution in [-0.2, 0) is 20.9 Å². The molecule has 3 rings (SSSR count). The standard InChI is InChI=1S/C19H15BrN4O9/c1-31-18(27)14-3-2-11(33-14)7-23-17(26)12(22-19(23)28)5-9-4-10(20)6-13(24(29)30)16(9)32-8-15(21)25/h2-6H,7-8H2,1H3,(H2,21,25)(H,22,28)/b12-5-. The monoisotopic (exact) mass is 522 g/mol. The number of nitrogens with zero attached hydrogens (tertiary/aromatic N) is 2. The molecule has 0 spiro atoms. The first-order valence-electron chi connectivity index (χ1n) is 9.01. The van der Waals surface area contributed by atoms with Gasteiger partial charge in [0, 0.05) is 16.1 Å². The number of nitro groups is 1. The SMILES string of the molecule is COC(=O)c1ccc(CN2C(=O)N/C(=C\c3cc(Br)cc([N+](=O)[O-])c3OCC(N)=O)C2=O)o1. The molecule has 1 fully saturated rings. The molecular weight excluding hydrogens is 508 g/mol. The first-order valence-corrected chi connectivity index (χ1v) is 9.80. The van der Waals surface area contributed by atoms with Crippen molar-refractivity contribution in [2.75, 3.05) is 13.7 Å². The highest BCUT2D eigenvalue weighted by atomic mass is 79.9. The number of nitro benzene ring substituents is 1. The van der Waals surface area contributed by atoms with Gasteiger partial charge in [-0.25, -0.2) is 9.59 Å². The zero-order chi connectivity index (χ0) is 24.3. The second-order valence-electron chi connectivity index (χ2n) is 6.49. The fourth-order valence-corrected chi connectivity index (χ4v) is 3.31. The predicted molar refractivity (Wildman–Crippen MR) is 113 cm³/mol. The lowest BCUT2D eigenvalue weighted by atomic mass is 10.1. The van der Waals surface area contributed by atoms with Gasteiger partial charge in [0.15, 0.2) is 6.61 Å². The van der Waals surface area contributed by atoms with Gasteiger partial charge >= 0.3 is 17.7 Å². The maximum atomic E-state index is 12.8. The second kappa shape index (κ2) is 9.52. The Morgan fingerprint density at radius 1 is 1.33 bits per heavy atom. The Bertz CT molecular complexity index is 1200. The number of rotatable bonds is 8.